The van der Waals surface area contributed by atoms with Crippen molar-refractivity contribution in [2.45, 2.75) is 56.2 Å². The smallest absolute Gasteiger partial charge is 0.490 e. The lowest BCUT2D eigenvalue weighted by Crippen LogP contribution is -2.59. The minimum absolute atomic E-state index is 0.337. The molecule has 1 aromatic rings. The number of phenols is 1. The van der Waals surface area contributed by atoms with E-state index in [0.717, 1.165) is 24.6 Å². The molecule has 1 saturated heterocycles. The standard InChI is InChI=1S/C18H26N2O.C2HF3O2/c1-20(2)16-10-12-9-15-13-5-3-4-6-18(13,7-8-19-15)14(12)11-17(16)21;3-2(4,5)1(6)7/h10-11,13,15,19,21H,3-9H2,1-2H3;(H,6,7)/t13-,15+,18+;/m1./s1. The number of aromatic hydroxyl groups is 1. The van der Waals surface area contributed by atoms with Gasteiger partial charge in [0.2, 0.25) is 0 Å². The Morgan fingerprint density at radius 1 is 1.25 bits per heavy atom. The van der Waals surface area contributed by atoms with Crippen molar-refractivity contribution in [2.75, 3.05) is 25.5 Å². The van der Waals surface area contributed by atoms with Crippen LogP contribution in [0.2, 0.25) is 0 Å². The molecule has 0 unspecified atom stereocenters. The summed E-state index contributed by atoms with van der Waals surface area (Å²) in [5.41, 5.74) is 4.22. The first-order valence-electron chi connectivity index (χ1n) is 9.63. The van der Waals surface area contributed by atoms with Crippen molar-refractivity contribution in [1.29, 1.82) is 0 Å². The number of alkyl halides is 3. The highest BCUT2D eigenvalue weighted by molar-refractivity contribution is 5.73. The van der Waals surface area contributed by atoms with E-state index in [2.05, 4.69) is 17.4 Å². The number of halogens is 3. The molecular weight excluding hydrogens is 373 g/mol. The SMILES string of the molecule is CN(C)c1cc2c(cc1O)[C@]13CCCC[C@@H]1[C@H](C2)NCC3.O=C(O)C(F)(F)F. The van der Waals surface area contributed by atoms with Crippen LogP contribution < -0.4 is 10.2 Å². The van der Waals surface area contributed by atoms with Gasteiger partial charge >= 0.3 is 12.1 Å². The third kappa shape index (κ3) is 3.66. The summed E-state index contributed by atoms with van der Waals surface area (Å²) in [5, 5.41) is 21.4. The molecule has 1 aliphatic heterocycles. The number of piperidine rings is 1. The average Bonchev–Trinajstić information content (AvgIpc) is 2.61. The quantitative estimate of drug-likeness (QED) is 0.674. The second kappa shape index (κ2) is 7.46. The molecule has 2 bridgehead atoms. The Kier molecular flexibility index (Phi) is 5.53. The maximum atomic E-state index is 10.6. The van der Waals surface area contributed by atoms with E-state index in [4.69, 9.17) is 9.90 Å². The number of carboxylic acid groups (broad SMARTS) is 1. The molecule has 0 spiro atoms. The topological polar surface area (TPSA) is 72.8 Å². The van der Waals surface area contributed by atoms with E-state index in [-0.39, 0.29) is 0 Å². The van der Waals surface area contributed by atoms with Crippen molar-refractivity contribution in [2.24, 2.45) is 5.92 Å². The van der Waals surface area contributed by atoms with Gasteiger partial charge in [-0.3, -0.25) is 0 Å². The van der Waals surface area contributed by atoms with Crippen LogP contribution in [-0.2, 0) is 16.6 Å². The molecule has 2 fully saturated rings. The zero-order chi connectivity index (χ0) is 20.7. The van der Waals surface area contributed by atoms with Gasteiger partial charge in [0, 0.05) is 25.6 Å². The molecule has 1 saturated carbocycles. The van der Waals surface area contributed by atoms with Crippen molar-refractivity contribution in [3.8, 4) is 5.75 Å². The second-order valence-electron chi connectivity index (χ2n) is 8.22. The monoisotopic (exact) mass is 400 g/mol. The zero-order valence-corrected chi connectivity index (χ0v) is 16.1. The molecule has 3 atom stereocenters. The van der Waals surface area contributed by atoms with Crippen LogP contribution in [0.1, 0.15) is 43.2 Å². The minimum atomic E-state index is -5.08. The zero-order valence-electron chi connectivity index (χ0n) is 16.1. The predicted octanol–water partition coefficient (Wildman–Crippen LogP) is 3.44. The first-order valence-corrected chi connectivity index (χ1v) is 9.63. The molecule has 0 radical (unpaired) electrons. The van der Waals surface area contributed by atoms with Crippen molar-refractivity contribution >= 4 is 11.7 Å². The first-order chi connectivity index (χ1) is 13.1. The Morgan fingerprint density at radius 3 is 2.54 bits per heavy atom. The second-order valence-corrected chi connectivity index (χ2v) is 8.22. The van der Waals surface area contributed by atoms with E-state index >= 15 is 0 Å². The Hall–Kier alpha value is -1.96. The van der Waals surface area contributed by atoms with Crippen LogP contribution >= 0.6 is 0 Å². The Bertz CT molecular complexity index is 747. The summed E-state index contributed by atoms with van der Waals surface area (Å²) < 4.78 is 31.7. The lowest BCUT2D eigenvalue weighted by atomic mass is 9.53. The van der Waals surface area contributed by atoms with Crippen LogP contribution in [0.3, 0.4) is 0 Å². The number of fused-ring (bicyclic) bond motifs is 1. The Labute approximate surface area is 162 Å². The first kappa shape index (κ1) is 20.8. The molecular formula is C20H27F3N2O3. The van der Waals surface area contributed by atoms with E-state index in [9.17, 15) is 18.3 Å². The molecule has 28 heavy (non-hydrogen) atoms. The maximum absolute atomic E-state index is 10.6. The maximum Gasteiger partial charge on any atom is 0.490 e. The van der Waals surface area contributed by atoms with E-state index in [1.54, 1.807) is 0 Å². The van der Waals surface area contributed by atoms with Crippen molar-refractivity contribution in [1.82, 2.24) is 5.32 Å². The molecule has 0 aromatic heterocycles. The summed E-state index contributed by atoms with van der Waals surface area (Å²) in [6.07, 6.45) is 2.67. The normalized spacial score (nSPS) is 28.3. The fraction of sp³-hybridized carbons (Fsp3) is 0.650. The highest BCUT2D eigenvalue weighted by atomic mass is 19.4. The number of carboxylic acids is 1. The molecule has 156 valence electrons. The number of hydrogen-bond acceptors (Lipinski definition) is 4. The lowest BCUT2D eigenvalue weighted by molar-refractivity contribution is -0.192. The highest BCUT2D eigenvalue weighted by Crippen LogP contribution is 2.55. The number of rotatable bonds is 1. The van der Waals surface area contributed by atoms with E-state index in [1.807, 2.05) is 19.0 Å². The molecule has 0 amide bonds. The number of nitrogens with zero attached hydrogens (tertiary/aromatic N) is 1. The average molecular weight is 400 g/mol. The molecule has 5 nitrogen and oxygen atoms in total. The molecule has 3 aliphatic rings. The van der Waals surface area contributed by atoms with Gasteiger partial charge in [0.05, 0.1) is 5.69 Å². The van der Waals surface area contributed by atoms with Gasteiger partial charge in [0.15, 0.2) is 0 Å². The summed E-state index contributed by atoms with van der Waals surface area (Å²) in [5.74, 6) is -1.53. The van der Waals surface area contributed by atoms with Crippen LogP contribution in [0.5, 0.6) is 5.75 Å². The molecule has 3 N–H and O–H groups in total. The predicted molar refractivity (Wildman–Crippen MR) is 99.9 cm³/mol. The largest absolute Gasteiger partial charge is 0.506 e. The number of aliphatic carboxylic acids is 1. The minimum Gasteiger partial charge on any atom is -0.506 e. The number of nitrogens with one attached hydrogen (secondary N) is 1. The fourth-order valence-electron chi connectivity index (χ4n) is 5.32. The van der Waals surface area contributed by atoms with E-state index in [1.165, 1.54) is 43.2 Å². The van der Waals surface area contributed by atoms with Crippen molar-refractivity contribution < 1.29 is 28.2 Å². The van der Waals surface area contributed by atoms with Gasteiger partial charge in [0.1, 0.15) is 5.75 Å². The highest BCUT2D eigenvalue weighted by Gasteiger charge is 2.51. The summed E-state index contributed by atoms with van der Waals surface area (Å²) in [6.45, 7) is 1.14. The summed E-state index contributed by atoms with van der Waals surface area (Å²) >= 11 is 0. The van der Waals surface area contributed by atoms with Crippen LogP contribution in [0.4, 0.5) is 18.9 Å². The number of benzene rings is 1. The van der Waals surface area contributed by atoms with E-state index < -0.39 is 12.1 Å². The molecule has 1 heterocycles. The van der Waals surface area contributed by atoms with Crippen LogP contribution in [0.15, 0.2) is 12.1 Å². The molecule has 1 aromatic carbocycles. The van der Waals surface area contributed by atoms with Gasteiger partial charge in [-0.25, -0.2) is 4.79 Å². The summed E-state index contributed by atoms with van der Waals surface area (Å²) in [4.78, 5) is 10.9. The van der Waals surface area contributed by atoms with Crippen molar-refractivity contribution in [3.05, 3.63) is 23.3 Å². The molecule has 4 rings (SSSR count). The van der Waals surface area contributed by atoms with Gasteiger partial charge in [0.25, 0.3) is 0 Å². The Balaban J connectivity index is 0.000000279. The van der Waals surface area contributed by atoms with Crippen LogP contribution in [0, 0.1) is 5.92 Å². The van der Waals surface area contributed by atoms with Crippen LogP contribution in [0.25, 0.3) is 0 Å². The number of carbonyl (C=O) groups is 1. The van der Waals surface area contributed by atoms with Gasteiger partial charge in [-0.05, 0) is 61.4 Å². The fourth-order valence-corrected chi connectivity index (χ4v) is 5.32. The summed E-state index contributed by atoms with van der Waals surface area (Å²) in [7, 11) is 4.01. The molecule has 2 aliphatic carbocycles. The molecule has 8 heteroatoms. The number of anilines is 1. The van der Waals surface area contributed by atoms with Crippen molar-refractivity contribution in [3.63, 3.8) is 0 Å². The van der Waals surface area contributed by atoms with Gasteiger partial charge < -0.3 is 20.4 Å². The summed E-state index contributed by atoms with van der Waals surface area (Å²) in [6, 6.07) is 4.98. The lowest BCUT2D eigenvalue weighted by Gasteiger charge is -2.56. The third-order valence-corrected chi connectivity index (χ3v) is 6.46. The van der Waals surface area contributed by atoms with Gasteiger partial charge in [-0.15, -0.1) is 0 Å². The third-order valence-electron chi connectivity index (χ3n) is 6.46. The van der Waals surface area contributed by atoms with E-state index in [0.29, 0.717) is 17.2 Å². The van der Waals surface area contributed by atoms with Gasteiger partial charge in [-0.2, -0.15) is 13.2 Å². The number of hydrogen-bond donors (Lipinski definition) is 3. The Morgan fingerprint density at radius 2 is 1.93 bits per heavy atom. The van der Waals surface area contributed by atoms with Gasteiger partial charge in [-0.1, -0.05) is 12.8 Å². The van der Waals surface area contributed by atoms with Crippen LogP contribution in [-0.4, -0.2) is 49.0 Å². The number of phenolic OH excluding ortho intramolecular Hbond substituents is 1.